The summed E-state index contributed by atoms with van der Waals surface area (Å²) in [6.45, 7) is 14.6. The third kappa shape index (κ3) is 4.25. The van der Waals surface area contributed by atoms with Gasteiger partial charge in [0, 0.05) is 0 Å². The summed E-state index contributed by atoms with van der Waals surface area (Å²) in [5.74, 6) is 0. The van der Waals surface area contributed by atoms with Crippen LogP contribution in [0, 0.1) is 0 Å². The lowest BCUT2D eigenvalue weighted by Crippen LogP contribution is -2.40. The van der Waals surface area contributed by atoms with Crippen molar-refractivity contribution >= 4 is 37.7 Å². The Morgan fingerprint density at radius 3 is 1.96 bits per heavy atom. The minimum Gasteiger partial charge on any atom is -0.0867 e. The van der Waals surface area contributed by atoms with Crippen LogP contribution in [0.2, 0.25) is 39.3 Å². The van der Waals surface area contributed by atoms with Crippen LogP contribution < -0.4 is 5.19 Å². The fourth-order valence-electron chi connectivity index (χ4n) is 3.48. The molecular formula is C24H30Si2. The van der Waals surface area contributed by atoms with E-state index in [1.807, 2.05) is 0 Å². The zero-order valence-corrected chi connectivity index (χ0v) is 18.9. The lowest BCUT2D eigenvalue weighted by atomic mass is 9.97. The zero-order chi connectivity index (χ0) is 18.9. The number of hydrogen-bond donors (Lipinski definition) is 0. The highest BCUT2D eigenvalue weighted by Crippen LogP contribution is 2.29. The average Bonchev–Trinajstić information content (AvgIpc) is 2.58. The van der Waals surface area contributed by atoms with E-state index >= 15 is 0 Å². The molecule has 0 aromatic heterocycles. The molecule has 3 aromatic rings. The van der Waals surface area contributed by atoms with Crippen molar-refractivity contribution in [2.24, 2.45) is 0 Å². The largest absolute Gasteiger partial charge is 0.0867 e. The predicted octanol–water partition coefficient (Wildman–Crippen LogP) is 6.69. The summed E-state index contributed by atoms with van der Waals surface area (Å²) in [4.78, 5) is 0. The van der Waals surface area contributed by atoms with Gasteiger partial charge in [0.1, 0.15) is 0 Å². The molecule has 0 unspecified atom stereocenters. The van der Waals surface area contributed by atoms with Gasteiger partial charge in [-0.2, -0.15) is 0 Å². The maximum atomic E-state index is 2.58. The van der Waals surface area contributed by atoms with Gasteiger partial charge < -0.3 is 0 Å². The van der Waals surface area contributed by atoms with Crippen LogP contribution in [0.5, 0.6) is 0 Å². The van der Waals surface area contributed by atoms with Gasteiger partial charge in [0.05, 0.1) is 16.1 Å². The highest BCUT2D eigenvalue weighted by atomic mass is 28.3. The van der Waals surface area contributed by atoms with Gasteiger partial charge in [-0.05, 0) is 33.5 Å². The Kier molecular flexibility index (Phi) is 5.09. The van der Waals surface area contributed by atoms with Crippen molar-refractivity contribution in [1.29, 1.82) is 0 Å². The van der Waals surface area contributed by atoms with Gasteiger partial charge in [-0.15, -0.1) is 0 Å². The van der Waals surface area contributed by atoms with Crippen LogP contribution in [0.3, 0.4) is 0 Å². The second-order valence-corrected chi connectivity index (χ2v) is 19.3. The van der Waals surface area contributed by atoms with Gasteiger partial charge in [-0.25, -0.2) is 0 Å². The molecule has 134 valence electrons. The zero-order valence-electron chi connectivity index (χ0n) is 16.9. The Hall–Kier alpha value is -1.91. The molecule has 0 spiro atoms. The molecule has 0 nitrogen and oxygen atoms in total. The van der Waals surface area contributed by atoms with E-state index in [1.54, 1.807) is 5.19 Å². The molecule has 0 N–H and O–H groups in total. The number of benzene rings is 3. The van der Waals surface area contributed by atoms with Crippen LogP contribution in [0.1, 0.15) is 11.1 Å². The van der Waals surface area contributed by atoms with Crippen molar-refractivity contribution in [3.05, 3.63) is 83.6 Å². The van der Waals surface area contributed by atoms with Crippen LogP contribution in [0.25, 0.3) is 16.3 Å². The van der Waals surface area contributed by atoms with Crippen LogP contribution in [-0.2, 0) is 0 Å². The quantitative estimate of drug-likeness (QED) is 0.446. The molecule has 3 rings (SSSR count). The van der Waals surface area contributed by atoms with Crippen LogP contribution in [-0.4, -0.2) is 16.1 Å². The minimum atomic E-state index is -1.43. The van der Waals surface area contributed by atoms with Gasteiger partial charge in [-0.3, -0.25) is 0 Å². The first-order chi connectivity index (χ1) is 12.1. The van der Waals surface area contributed by atoms with E-state index in [0.717, 1.165) is 0 Å². The van der Waals surface area contributed by atoms with Crippen molar-refractivity contribution in [3.8, 4) is 0 Å². The average molecular weight is 375 g/mol. The summed E-state index contributed by atoms with van der Waals surface area (Å²) in [6, 6.07) is 24.6. The lowest BCUT2D eigenvalue weighted by molar-refractivity contribution is 1.57. The molecule has 0 atom stereocenters. The summed E-state index contributed by atoms with van der Waals surface area (Å²) in [6.07, 6.45) is 0. The van der Waals surface area contributed by atoms with Gasteiger partial charge in [-0.1, -0.05) is 111 Å². The summed E-state index contributed by atoms with van der Waals surface area (Å²) in [5, 5.41) is 4.18. The second-order valence-electron chi connectivity index (χ2n) is 9.28. The Bertz CT molecular complexity index is 954. The molecule has 0 bridgehead atoms. The van der Waals surface area contributed by atoms with E-state index in [-0.39, 0.29) is 0 Å². The summed E-state index contributed by atoms with van der Waals surface area (Å²) >= 11 is 0. The highest BCUT2D eigenvalue weighted by molar-refractivity contribution is 6.89. The van der Waals surface area contributed by atoms with Crippen LogP contribution in [0.4, 0.5) is 0 Å². The molecule has 0 aliphatic rings. The molecular weight excluding hydrogens is 344 g/mol. The van der Waals surface area contributed by atoms with Crippen molar-refractivity contribution in [1.82, 2.24) is 0 Å². The molecule has 0 amide bonds. The lowest BCUT2D eigenvalue weighted by Gasteiger charge is -2.24. The van der Waals surface area contributed by atoms with E-state index < -0.39 is 16.1 Å². The van der Waals surface area contributed by atoms with E-state index in [9.17, 15) is 0 Å². The topological polar surface area (TPSA) is 0 Å². The van der Waals surface area contributed by atoms with E-state index in [4.69, 9.17) is 0 Å². The van der Waals surface area contributed by atoms with Gasteiger partial charge in [0.2, 0.25) is 0 Å². The monoisotopic (exact) mass is 374 g/mol. The van der Waals surface area contributed by atoms with Crippen molar-refractivity contribution in [3.63, 3.8) is 0 Å². The molecule has 26 heavy (non-hydrogen) atoms. The molecule has 0 saturated heterocycles. The molecule has 0 saturated carbocycles. The van der Waals surface area contributed by atoms with Crippen LogP contribution in [0.15, 0.2) is 72.4 Å². The fraction of sp³-hybridized carbons (Fsp3) is 0.250. The van der Waals surface area contributed by atoms with Crippen molar-refractivity contribution < 1.29 is 0 Å². The predicted molar refractivity (Wildman–Crippen MR) is 124 cm³/mol. The normalized spacial score (nSPS) is 13.2. The number of rotatable bonds is 4. The molecule has 0 radical (unpaired) electrons. The van der Waals surface area contributed by atoms with Crippen LogP contribution >= 0.6 is 0 Å². The first kappa shape index (κ1) is 18.9. The maximum absolute atomic E-state index is 2.58. The third-order valence-corrected chi connectivity index (χ3v) is 7.87. The summed E-state index contributed by atoms with van der Waals surface area (Å²) in [7, 11) is -2.81. The number of fused-ring (bicyclic) bond motifs is 1. The summed E-state index contributed by atoms with van der Waals surface area (Å²) < 4.78 is 0. The molecule has 0 fully saturated rings. The SMILES string of the molecule is C[Si](C)(C)/C=C(/c1ccc2ccccc2c1)c1ccccc1[Si](C)(C)C. The van der Waals surface area contributed by atoms with E-state index in [0.29, 0.717) is 0 Å². The van der Waals surface area contributed by atoms with Gasteiger partial charge in [0.15, 0.2) is 0 Å². The molecule has 0 aliphatic carbocycles. The number of hydrogen-bond acceptors (Lipinski definition) is 0. The molecule has 3 aromatic carbocycles. The molecule has 2 heteroatoms. The smallest absolute Gasteiger partial charge is 0.0784 e. The Morgan fingerprint density at radius 2 is 1.31 bits per heavy atom. The Morgan fingerprint density at radius 1 is 0.692 bits per heavy atom. The first-order valence-corrected chi connectivity index (χ1v) is 16.5. The Labute approximate surface area is 160 Å². The summed E-state index contributed by atoms with van der Waals surface area (Å²) in [5.41, 5.74) is 6.78. The van der Waals surface area contributed by atoms with Gasteiger partial charge in [0.25, 0.3) is 0 Å². The van der Waals surface area contributed by atoms with Crippen molar-refractivity contribution in [2.75, 3.05) is 0 Å². The maximum Gasteiger partial charge on any atom is 0.0784 e. The first-order valence-electron chi connectivity index (χ1n) is 9.47. The highest BCUT2D eigenvalue weighted by Gasteiger charge is 2.23. The fourth-order valence-corrected chi connectivity index (χ4v) is 6.29. The molecule has 0 heterocycles. The van der Waals surface area contributed by atoms with Gasteiger partial charge >= 0.3 is 0 Å². The van der Waals surface area contributed by atoms with Crippen molar-refractivity contribution in [2.45, 2.75) is 39.3 Å². The van der Waals surface area contributed by atoms with E-state index in [2.05, 4.69) is 112 Å². The third-order valence-electron chi connectivity index (χ3n) is 4.66. The minimum absolute atomic E-state index is 1.31. The van der Waals surface area contributed by atoms with E-state index in [1.165, 1.54) is 27.5 Å². The second kappa shape index (κ2) is 7.01. The molecule has 0 aliphatic heterocycles. The standard InChI is InChI=1S/C24H30Si2/c1-25(2,3)18-23(22-13-9-10-14-24(22)26(4,5)6)21-16-15-19-11-7-8-12-20(19)17-21/h7-18H,1-6H3/b23-18-. The Balaban J connectivity index is 2.27.